The van der Waals surface area contributed by atoms with Crippen LogP contribution in [-0.4, -0.2) is 40.6 Å². The largest absolute Gasteiger partial charge is 0.351 e. The molecule has 0 bridgehead atoms. The van der Waals surface area contributed by atoms with Crippen LogP contribution >= 0.6 is 0 Å². The van der Waals surface area contributed by atoms with Crippen molar-refractivity contribution in [1.82, 2.24) is 20.4 Å². The molecular formula is C22H30N4O2. The molecule has 0 aromatic carbocycles. The van der Waals surface area contributed by atoms with E-state index >= 15 is 0 Å². The van der Waals surface area contributed by atoms with Crippen molar-refractivity contribution >= 4 is 5.91 Å². The van der Waals surface area contributed by atoms with Crippen LogP contribution in [0.4, 0.5) is 0 Å². The first-order valence-electron chi connectivity index (χ1n) is 10.6. The number of pyridine rings is 1. The van der Waals surface area contributed by atoms with E-state index in [0.717, 1.165) is 44.7 Å². The monoisotopic (exact) mass is 382 g/mol. The van der Waals surface area contributed by atoms with E-state index in [0.29, 0.717) is 17.6 Å². The van der Waals surface area contributed by atoms with Crippen LogP contribution in [0.5, 0.6) is 0 Å². The summed E-state index contributed by atoms with van der Waals surface area (Å²) in [7, 11) is 0. The zero-order valence-electron chi connectivity index (χ0n) is 16.5. The SMILES string of the molecule is O=C(NCC1CCCCC1)c1cc(C2CCCN(Cc3cccnc3)C2)no1. The van der Waals surface area contributed by atoms with E-state index in [1.54, 1.807) is 6.20 Å². The summed E-state index contributed by atoms with van der Waals surface area (Å²) in [5.74, 6) is 1.14. The molecule has 1 saturated carbocycles. The highest BCUT2D eigenvalue weighted by Gasteiger charge is 2.25. The van der Waals surface area contributed by atoms with Gasteiger partial charge in [-0.3, -0.25) is 14.7 Å². The molecule has 0 radical (unpaired) electrons. The van der Waals surface area contributed by atoms with Crippen molar-refractivity contribution in [3.05, 3.63) is 47.6 Å². The second kappa shape index (κ2) is 9.32. The third-order valence-corrected chi connectivity index (χ3v) is 6.08. The van der Waals surface area contributed by atoms with Crippen LogP contribution < -0.4 is 5.32 Å². The van der Waals surface area contributed by atoms with Gasteiger partial charge in [-0.15, -0.1) is 0 Å². The van der Waals surface area contributed by atoms with E-state index in [1.807, 2.05) is 18.3 Å². The fourth-order valence-electron chi connectivity index (χ4n) is 4.49. The Morgan fingerprint density at radius 3 is 2.93 bits per heavy atom. The molecule has 4 rings (SSSR count). The number of hydrogen-bond acceptors (Lipinski definition) is 5. The third kappa shape index (κ3) is 4.98. The number of hydrogen-bond donors (Lipinski definition) is 1. The number of likely N-dealkylation sites (tertiary alicyclic amines) is 1. The second-order valence-electron chi connectivity index (χ2n) is 8.27. The zero-order chi connectivity index (χ0) is 19.2. The van der Waals surface area contributed by atoms with Crippen LogP contribution in [0.3, 0.4) is 0 Å². The number of nitrogens with zero attached hydrogens (tertiary/aromatic N) is 3. The van der Waals surface area contributed by atoms with Crippen LogP contribution in [0.2, 0.25) is 0 Å². The predicted molar refractivity (Wildman–Crippen MR) is 107 cm³/mol. The lowest BCUT2D eigenvalue weighted by Crippen LogP contribution is -2.34. The first-order valence-corrected chi connectivity index (χ1v) is 10.6. The van der Waals surface area contributed by atoms with E-state index in [9.17, 15) is 4.79 Å². The van der Waals surface area contributed by atoms with E-state index in [2.05, 4.69) is 26.4 Å². The van der Waals surface area contributed by atoms with Gasteiger partial charge < -0.3 is 9.84 Å². The summed E-state index contributed by atoms with van der Waals surface area (Å²) in [6, 6.07) is 5.93. The van der Waals surface area contributed by atoms with Crippen LogP contribution in [0, 0.1) is 5.92 Å². The van der Waals surface area contributed by atoms with Crippen LogP contribution in [-0.2, 0) is 6.54 Å². The maximum absolute atomic E-state index is 12.4. The lowest BCUT2D eigenvalue weighted by Gasteiger charge is -2.31. The molecule has 2 aromatic rings. The highest BCUT2D eigenvalue weighted by Crippen LogP contribution is 2.28. The summed E-state index contributed by atoms with van der Waals surface area (Å²) >= 11 is 0. The summed E-state index contributed by atoms with van der Waals surface area (Å²) in [4.78, 5) is 19.1. The third-order valence-electron chi connectivity index (χ3n) is 6.08. The number of carbonyl (C=O) groups excluding carboxylic acids is 1. The minimum absolute atomic E-state index is 0.132. The summed E-state index contributed by atoms with van der Waals surface area (Å²) in [6.45, 7) is 3.66. The molecule has 1 aliphatic heterocycles. The Hall–Kier alpha value is -2.21. The normalized spacial score (nSPS) is 21.5. The van der Waals surface area contributed by atoms with Gasteiger partial charge in [0.2, 0.25) is 5.76 Å². The summed E-state index contributed by atoms with van der Waals surface area (Å²) in [6.07, 6.45) is 12.3. The second-order valence-corrected chi connectivity index (χ2v) is 8.27. The van der Waals surface area contributed by atoms with Gasteiger partial charge in [0, 0.05) is 44.0 Å². The quantitative estimate of drug-likeness (QED) is 0.824. The van der Waals surface area contributed by atoms with Gasteiger partial charge in [-0.1, -0.05) is 30.5 Å². The van der Waals surface area contributed by atoms with Gasteiger partial charge in [0.05, 0.1) is 5.69 Å². The fraction of sp³-hybridized carbons (Fsp3) is 0.591. The molecule has 2 fully saturated rings. The Bertz CT molecular complexity index is 755. The molecule has 0 spiro atoms. The average Bonchev–Trinajstić information content (AvgIpc) is 3.24. The summed E-state index contributed by atoms with van der Waals surface area (Å²) in [5, 5.41) is 7.26. The molecule has 1 aliphatic carbocycles. The Labute approximate surface area is 166 Å². The number of rotatable bonds is 6. The minimum atomic E-state index is -0.132. The minimum Gasteiger partial charge on any atom is -0.351 e. The van der Waals surface area contributed by atoms with E-state index < -0.39 is 0 Å². The molecule has 1 atom stereocenters. The van der Waals surface area contributed by atoms with E-state index in [-0.39, 0.29) is 5.91 Å². The Kier molecular flexibility index (Phi) is 6.37. The van der Waals surface area contributed by atoms with Gasteiger partial charge in [-0.25, -0.2) is 0 Å². The van der Waals surface area contributed by atoms with Crippen molar-refractivity contribution < 1.29 is 9.32 Å². The van der Waals surface area contributed by atoms with Crippen molar-refractivity contribution in [2.24, 2.45) is 5.92 Å². The molecule has 2 aromatic heterocycles. The molecule has 1 N–H and O–H groups in total. The summed E-state index contributed by atoms with van der Waals surface area (Å²) in [5.41, 5.74) is 2.13. The molecule has 2 aliphatic rings. The van der Waals surface area contributed by atoms with Crippen molar-refractivity contribution in [2.45, 2.75) is 57.4 Å². The number of aromatic nitrogens is 2. The molecule has 1 unspecified atom stereocenters. The zero-order valence-corrected chi connectivity index (χ0v) is 16.5. The molecule has 1 amide bonds. The summed E-state index contributed by atoms with van der Waals surface area (Å²) < 4.78 is 5.38. The Balaban J connectivity index is 1.30. The number of piperidine rings is 1. The van der Waals surface area contributed by atoms with Gasteiger partial charge in [0.15, 0.2) is 0 Å². The number of nitrogens with one attached hydrogen (secondary N) is 1. The maximum atomic E-state index is 12.4. The molecular weight excluding hydrogens is 352 g/mol. The molecule has 3 heterocycles. The smallest absolute Gasteiger partial charge is 0.289 e. The number of carbonyl (C=O) groups is 1. The topological polar surface area (TPSA) is 71.3 Å². The highest BCUT2D eigenvalue weighted by atomic mass is 16.5. The molecule has 150 valence electrons. The van der Waals surface area contributed by atoms with Crippen LogP contribution in [0.15, 0.2) is 35.1 Å². The van der Waals surface area contributed by atoms with Gasteiger partial charge >= 0.3 is 0 Å². The van der Waals surface area contributed by atoms with Crippen LogP contribution in [0.1, 0.15) is 72.7 Å². The Morgan fingerprint density at radius 1 is 1.21 bits per heavy atom. The fourth-order valence-corrected chi connectivity index (χ4v) is 4.49. The first kappa shape index (κ1) is 19.1. The maximum Gasteiger partial charge on any atom is 0.289 e. The van der Waals surface area contributed by atoms with Gasteiger partial charge in [0.1, 0.15) is 0 Å². The van der Waals surface area contributed by atoms with Crippen molar-refractivity contribution in [3.8, 4) is 0 Å². The molecule has 1 saturated heterocycles. The van der Waals surface area contributed by atoms with Gasteiger partial charge in [0.25, 0.3) is 5.91 Å². The Morgan fingerprint density at radius 2 is 2.11 bits per heavy atom. The predicted octanol–water partition coefficient (Wildman–Crippen LogP) is 3.76. The van der Waals surface area contributed by atoms with Gasteiger partial charge in [-0.2, -0.15) is 0 Å². The molecule has 28 heavy (non-hydrogen) atoms. The van der Waals surface area contributed by atoms with E-state index in [4.69, 9.17) is 4.52 Å². The molecule has 6 heteroatoms. The van der Waals surface area contributed by atoms with Crippen molar-refractivity contribution in [1.29, 1.82) is 0 Å². The number of amides is 1. The van der Waals surface area contributed by atoms with Crippen molar-refractivity contribution in [2.75, 3.05) is 19.6 Å². The van der Waals surface area contributed by atoms with E-state index in [1.165, 1.54) is 37.7 Å². The lowest BCUT2D eigenvalue weighted by atomic mass is 9.89. The standard InChI is InChI=1S/C22H30N4O2/c27-22(24-14-17-6-2-1-3-7-17)21-12-20(25-28-21)19-9-5-11-26(16-19)15-18-8-4-10-23-13-18/h4,8,10,12-13,17,19H,1-3,5-7,9,11,14-16H2,(H,24,27). The van der Waals surface area contributed by atoms with Gasteiger partial charge in [-0.05, 0) is 49.8 Å². The molecule has 6 nitrogen and oxygen atoms in total. The lowest BCUT2D eigenvalue weighted by molar-refractivity contribution is 0.0906. The van der Waals surface area contributed by atoms with Crippen LogP contribution in [0.25, 0.3) is 0 Å². The highest BCUT2D eigenvalue weighted by molar-refractivity contribution is 5.91. The average molecular weight is 383 g/mol. The first-order chi connectivity index (χ1) is 13.8. The van der Waals surface area contributed by atoms with Crippen molar-refractivity contribution in [3.63, 3.8) is 0 Å².